The number of thiazole rings is 1. The van der Waals surface area contributed by atoms with Crippen LogP contribution in [0.4, 0.5) is 0 Å². The van der Waals surface area contributed by atoms with E-state index in [1.54, 1.807) is 5.51 Å². The highest BCUT2D eigenvalue weighted by Crippen LogP contribution is 2.40. The Morgan fingerprint density at radius 3 is 2.89 bits per heavy atom. The molecule has 0 N–H and O–H groups in total. The van der Waals surface area contributed by atoms with Crippen molar-refractivity contribution in [2.24, 2.45) is 11.3 Å². The van der Waals surface area contributed by atoms with Crippen molar-refractivity contribution < 1.29 is 4.79 Å². The molecule has 0 bridgehead atoms. The van der Waals surface area contributed by atoms with Crippen LogP contribution in [0.25, 0.3) is 0 Å². The minimum atomic E-state index is 0.112. The third-order valence-corrected chi connectivity index (χ3v) is 4.70. The van der Waals surface area contributed by atoms with Crippen molar-refractivity contribution in [3.63, 3.8) is 0 Å². The number of nitrogens with zero attached hydrogens (tertiary/aromatic N) is 3. The van der Waals surface area contributed by atoms with Crippen molar-refractivity contribution in [2.45, 2.75) is 20.3 Å². The van der Waals surface area contributed by atoms with Crippen LogP contribution in [0.5, 0.6) is 0 Å². The van der Waals surface area contributed by atoms with Crippen molar-refractivity contribution in [3.05, 3.63) is 16.6 Å². The van der Waals surface area contributed by atoms with Gasteiger partial charge in [-0.25, -0.2) is 4.98 Å². The van der Waals surface area contributed by atoms with Gasteiger partial charge < -0.3 is 9.80 Å². The van der Waals surface area contributed by atoms with Crippen LogP contribution in [-0.4, -0.2) is 53.4 Å². The molecule has 2 aliphatic rings. The number of likely N-dealkylation sites (tertiary alicyclic amines) is 2. The molecule has 3 rings (SSSR count). The van der Waals surface area contributed by atoms with Crippen LogP contribution < -0.4 is 0 Å². The monoisotopic (exact) mass is 279 g/mol. The van der Waals surface area contributed by atoms with Crippen LogP contribution in [-0.2, 0) is 0 Å². The Bertz CT molecular complexity index is 451. The summed E-state index contributed by atoms with van der Waals surface area (Å²) in [6.45, 7) is 9.83. The molecule has 19 heavy (non-hydrogen) atoms. The maximum Gasteiger partial charge on any atom is 0.273 e. The van der Waals surface area contributed by atoms with Crippen molar-refractivity contribution in [1.29, 1.82) is 0 Å². The van der Waals surface area contributed by atoms with E-state index in [1.165, 1.54) is 17.9 Å². The third kappa shape index (κ3) is 2.54. The first kappa shape index (κ1) is 13.1. The first-order chi connectivity index (χ1) is 9.08. The number of amides is 1. The second kappa shape index (κ2) is 4.87. The molecule has 0 aromatic carbocycles. The molecule has 2 aliphatic heterocycles. The Morgan fingerprint density at radius 1 is 1.47 bits per heavy atom. The average Bonchev–Trinajstić information content (AvgIpc) is 2.95. The molecule has 2 saturated heterocycles. The lowest BCUT2D eigenvalue weighted by molar-refractivity contribution is 0.00119. The largest absolute Gasteiger partial charge is 0.337 e. The molecule has 0 unspecified atom stereocenters. The van der Waals surface area contributed by atoms with Gasteiger partial charge in [-0.2, -0.15) is 0 Å². The Morgan fingerprint density at radius 2 is 2.26 bits per heavy atom. The molecule has 3 heterocycles. The zero-order chi connectivity index (χ0) is 13.5. The first-order valence-electron chi connectivity index (χ1n) is 6.98. The van der Waals surface area contributed by atoms with Crippen LogP contribution in [0.3, 0.4) is 0 Å². The van der Waals surface area contributed by atoms with Crippen LogP contribution in [0.15, 0.2) is 10.9 Å². The minimum Gasteiger partial charge on any atom is -0.337 e. The van der Waals surface area contributed by atoms with Crippen molar-refractivity contribution in [3.8, 4) is 0 Å². The number of aromatic nitrogens is 1. The molecule has 2 fully saturated rings. The predicted molar refractivity (Wildman–Crippen MR) is 76.3 cm³/mol. The summed E-state index contributed by atoms with van der Waals surface area (Å²) in [4.78, 5) is 20.9. The summed E-state index contributed by atoms with van der Waals surface area (Å²) in [6, 6.07) is 0. The second-order valence-electron chi connectivity index (χ2n) is 6.41. The molecule has 0 aliphatic carbocycles. The lowest BCUT2D eigenvalue weighted by Crippen LogP contribution is -2.58. The summed E-state index contributed by atoms with van der Waals surface area (Å²) >= 11 is 1.49. The zero-order valence-corrected chi connectivity index (χ0v) is 12.4. The van der Waals surface area contributed by atoms with E-state index in [0.717, 1.165) is 38.5 Å². The fraction of sp³-hybridized carbons (Fsp3) is 0.714. The molecule has 1 aromatic heterocycles. The van der Waals surface area contributed by atoms with Crippen molar-refractivity contribution in [1.82, 2.24) is 14.8 Å². The summed E-state index contributed by atoms with van der Waals surface area (Å²) < 4.78 is 0. The van der Waals surface area contributed by atoms with Gasteiger partial charge in [-0.05, 0) is 12.3 Å². The summed E-state index contributed by atoms with van der Waals surface area (Å²) in [7, 11) is 0. The fourth-order valence-corrected chi connectivity index (χ4v) is 3.92. The van der Waals surface area contributed by atoms with Crippen LogP contribution in [0.1, 0.15) is 30.8 Å². The van der Waals surface area contributed by atoms with Gasteiger partial charge in [0.05, 0.1) is 5.51 Å². The average molecular weight is 279 g/mol. The molecule has 0 radical (unpaired) electrons. The Balaban J connectivity index is 1.56. The number of rotatable bonds is 3. The van der Waals surface area contributed by atoms with Crippen LogP contribution >= 0.6 is 11.3 Å². The van der Waals surface area contributed by atoms with Crippen molar-refractivity contribution >= 4 is 17.2 Å². The number of carbonyl (C=O) groups is 1. The SMILES string of the molecule is CC(C)CN1CC2(CCN(C(=O)c3cscn3)C2)C1. The van der Waals surface area contributed by atoms with Gasteiger partial charge >= 0.3 is 0 Å². The first-order valence-corrected chi connectivity index (χ1v) is 7.92. The molecular formula is C14H21N3OS. The van der Waals surface area contributed by atoms with Gasteiger partial charge in [0.25, 0.3) is 5.91 Å². The lowest BCUT2D eigenvalue weighted by Gasteiger charge is -2.48. The Hall–Kier alpha value is -0.940. The molecule has 1 aromatic rings. The molecule has 0 saturated carbocycles. The summed E-state index contributed by atoms with van der Waals surface area (Å²) in [5.41, 5.74) is 2.72. The van der Waals surface area contributed by atoms with Gasteiger partial charge in [-0.15, -0.1) is 11.3 Å². The van der Waals surface area contributed by atoms with E-state index in [9.17, 15) is 4.79 Å². The van der Waals surface area contributed by atoms with Crippen LogP contribution in [0.2, 0.25) is 0 Å². The van der Waals surface area contributed by atoms with E-state index >= 15 is 0 Å². The van der Waals surface area contributed by atoms with E-state index in [2.05, 4.69) is 23.7 Å². The quantitative estimate of drug-likeness (QED) is 0.848. The molecule has 0 atom stereocenters. The molecule has 1 amide bonds. The predicted octanol–water partition coefficient (Wildman–Crippen LogP) is 1.95. The molecular weight excluding hydrogens is 258 g/mol. The maximum absolute atomic E-state index is 12.3. The molecule has 104 valence electrons. The molecule has 5 heteroatoms. The number of hydrogen-bond donors (Lipinski definition) is 0. The zero-order valence-electron chi connectivity index (χ0n) is 11.6. The molecule has 1 spiro atoms. The third-order valence-electron chi connectivity index (χ3n) is 4.12. The number of carbonyl (C=O) groups excluding carboxylic acids is 1. The van der Waals surface area contributed by atoms with Gasteiger partial charge in [-0.3, -0.25) is 4.79 Å². The Labute approximate surface area is 118 Å². The van der Waals surface area contributed by atoms with E-state index < -0.39 is 0 Å². The fourth-order valence-electron chi connectivity index (χ4n) is 3.39. The van der Waals surface area contributed by atoms with Gasteiger partial charge in [0, 0.05) is 43.5 Å². The topological polar surface area (TPSA) is 36.4 Å². The van der Waals surface area contributed by atoms with Gasteiger partial charge in [0.1, 0.15) is 5.69 Å². The lowest BCUT2D eigenvalue weighted by atomic mass is 9.78. The van der Waals surface area contributed by atoms with E-state index in [1.807, 2.05) is 10.3 Å². The highest BCUT2D eigenvalue weighted by Gasteiger charge is 2.48. The van der Waals surface area contributed by atoms with Gasteiger partial charge in [0.15, 0.2) is 0 Å². The van der Waals surface area contributed by atoms with E-state index in [4.69, 9.17) is 0 Å². The smallest absolute Gasteiger partial charge is 0.273 e. The maximum atomic E-state index is 12.3. The summed E-state index contributed by atoms with van der Waals surface area (Å²) in [5, 5.41) is 1.85. The highest BCUT2D eigenvalue weighted by atomic mass is 32.1. The second-order valence-corrected chi connectivity index (χ2v) is 7.13. The number of hydrogen-bond acceptors (Lipinski definition) is 4. The normalized spacial score (nSPS) is 22.2. The minimum absolute atomic E-state index is 0.112. The van der Waals surface area contributed by atoms with Crippen molar-refractivity contribution in [2.75, 3.05) is 32.7 Å². The van der Waals surface area contributed by atoms with Gasteiger partial charge in [0.2, 0.25) is 0 Å². The standard InChI is InChI=1S/C14H21N3OS/c1-11(2)5-16-7-14(8-16)3-4-17(9-14)13(18)12-6-19-10-15-12/h6,10-11H,3-5,7-9H2,1-2H3. The van der Waals surface area contributed by atoms with E-state index in [0.29, 0.717) is 11.1 Å². The van der Waals surface area contributed by atoms with Crippen LogP contribution in [0, 0.1) is 11.3 Å². The summed E-state index contributed by atoms with van der Waals surface area (Å²) in [6.07, 6.45) is 1.15. The van der Waals surface area contributed by atoms with E-state index in [-0.39, 0.29) is 5.91 Å². The Kier molecular flexibility index (Phi) is 3.35. The van der Waals surface area contributed by atoms with Gasteiger partial charge in [-0.1, -0.05) is 13.8 Å². The molecule has 4 nitrogen and oxygen atoms in total. The summed E-state index contributed by atoms with van der Waals surface area (Å²) in [5.74, 6) is 0.840. The highest BCUT2D eigenvalue weighted by molar-refractivity contribution is 7.07.